The number of hydrazine groups is 1. The predicted molar refractivity (Wildman–Crippen MR) is 110 cm³/mol. The molecule has 2 atom stereocenters. The highest BCUT2D eigenvalue weighted by atomic mass is 16.5. The van der Waals surface area contributed by atoms with Crippen LogP contribution in [0.2, 0.25) is 0 Å². The number of fused-ring (bicyclic) bond motifs is 3. The van der Waals surface area contributed by atoms with E-state index in [2.05, 4.69) is 78.0 Å². The Morgan fingerprint density at radius 1 is 0.929 bits per heavy atom. The number of rotatable bonds is 3. The van der Waals surface area contributed by atoms with Crippen molar-refractivity contribution in [2.45, 2.75) is 19.2 Å². The lowest BCUT2D eigenvalue weighted by molar-refractivity contribution is -0.0343. The fourth-order valence-corrected chi connectivity index (χ4v) is 3.89. The summed E-state index contributed by atoms with van der Waals surface area (Å²) in [6.07, 6.45) is 2.00. The number of benzene rings is 3. The van der Waals surface area contributed by atoms with Gasteiger partial charge in [-0.1, -0.05) is 72.3 Å². The maximum absolute atomic E-state index is 6.48. The van der Waals surface area contributed by atoms with Crippen LogP contribution in [0.15, 0.2) is 78.9 Å². The molecule has 0 aliphatic carbocycles. The van der Waals surface area contributed by atoms with E-state index in [9.17, 15) is 0 Å². The number of hydrogen-bond donors (Lipinski definition) is 1. The Balaban J connectivity index is 1.62. The third-order valence-electron chi connectivity index (χ3n) is 5.35. The monoisotopic (exact) mass is 370 g/mol. The zero-order valence-corrected chi connectivity index (χ0v) is 15.9. The number of aryl methyl sites for hydroxylation is 1. The summed E-state index contributed by atoms with van der Waals surface area (Å²) >= 11 is 0. The van der Waals surface area contributed by atoms with E-state index in [1.807, 2.05) is 18.2 Å². The number of nitrogens with zero attached hydrogens (tertiary/aromatic N) is 1. The van der Waals surface area contributed by atoms with Crippen molar-refractivity contribution in [1.29, 1.82) is 0 Å². The molecule has 0 spiro atoms. The molecule has 0 amide bonds. The number of para-hydroxylation sites is 1. The van der Waals surface area contributed by atoms with Crippen LogP contribution in [0.5, 0.6) is 11.5 Å². The standard InChI is InChI=1S/C24H22N2O2/c1-16-11-13-18(14-12-16)24-26-21(15-20(25-26)17-7-4-3-5-8-17)19-9-6-10-22(27-2)23(19)28-24/h3-15,21,24-25H,1-2H3. The van der Waals surface area contributed by atoms with Crippen LogP contribution in [-0.4, -0.2) is 12.1 Å². The van der Waals surface area contributed by atoms with Crippen LogP contribution < -0.4 is 14.9 Å². The first kappa shape index (κ1) is 16.9. The van der Waals surface area contributed by atoms with E-state index in [-0.39, 0.29) is 12.3 Å². The Hall–Kier alpha value is -3.24. The minimum Gasteiger partial charge on any atom is -0.493 e. The lowest BCUT2D eigenvalue weighted by atomic mass is 10.00. The van der Waals surface area contributed by atoms with Crippen molar-refractivity contribution in [2.75, 3.05) is 7.11 Å². The third-order valence-corrected chi connectivity index (χ3v) is 5.35. The third kappa shape index (κ3) is 2.74. The first-order valence-electron chi connectivity index (χ1n) is 9.47. The van der Waals surface area contributed by atoms with Gasteiger partial charge in [-0.15, -0.1) is 0 Å². The molecular weight excluding hydrogens is 348 g/mol. The summed E-state index contributed by atoms with van der Waals surface area (Å²) in [7, 11) is 1.68. The van der Waals surface area contributed by atoms with Crippen LogP contribution >= 0.6 is 0 Å². The second-order valence-electron chi connectivity index (χ2n) is 7.17. The van der Waals surface area contributed by atoms with E-state index >= 15 is 0 Å². The topological polar surface area (TPSA) is 33.7 Å². The van der Waals surface area contributed by atoms with Gasteiger partial charge in [0.2, 0.25) is 0 Å². The van der Waals surface area contributed by atoms with Crippen LogP contribution in [0.4, 0.5) is 0 Å². The van der Waals surface area contributed by atoms with Crippen molar-refractivity contribution in [2.24, 2.45) is 0 Å². The number of methoxy groups -OCH3 is 1. The minimum atomic E-state index is -0.258. The van der Waals surface area contributed by atoms with Gasteiger partial charge in [0, 0.05) is 11.1 Å². The lowest BCUT2D eigenvalue weighted by Gasteiger charge is -2.39. The summed E-state index contributed by atoms with van der Waals surface area (Å²) in [6, 6.07) is 25.0. The fourth-order valence-electron chi connectivity index (χ4n) is 3.89. The van der Waals surface area contributed by atoms with Gasteiger partial charge in [0.15, 0.2) is 17.7 Å². The second-order valence-corrected chi connectivity index (χ2v) is 7.17. The van der Waals surface area contributed by atoms with Crippen LogP contribution in [0.3, 0.4) is 0 Å². The average molecular weight is 370 g/mol. The quantitative estimate of drug-likeness (QED) is 0.704. The molecule has 2 aliphatic rings. The van der Waals surface area contributed by atoms with E-state index in [1.165, 1.54) is 5.56 Å². The molecule has 0 saturated carbocycles. The van der Waals surface area contributed by atoms with Gasteiger partial charge in [0.25, 0.3) is 0 Å². The Morgan fingerprint density at radius 2 is 1.71 bits per heavy atom. The Bertz CT molecular complexity index is 1030. The maximum Gasteiger partial charge on any atom is 0.196 e. The SMILES string of the molecule is COc1cccc2c1OC(c1ccc(C)cc1)N1NC(c3ccccc3)=CC21. The molecule has 2 unspecified atom stereocenters. The number of nitrogens with one attached hydrogen (secondary N) is 1. The molecule has 3 aromatic carbocycles. The lowest BCUT2D eigenvalue weighted by Crippen LogP contribution is -2.43. The molecule has 0 aromatic heterocycles. The summed E-state index contributed by atoms with van der Waals surface area (Å²) in [4.78, 5) is 0. The fraction of sp³-hybridized carbons (Fsp3) is 0.167. The van der Waals surface area contributed by atoms with E-state index in [0.717, 1.165) is 33.9 Å². The molecule has 2 heterocycles. The van der Waals surface area contributed by atoms with Crippen molar-refractivity contribution >= 4 is 5.70 Å². The molecule has 0 bridgehead atoms. The van der Waals surface area contributed by atoms with E-state index < -0.39 is 0 Å². The molecule has 0 saturated heterocycles. The van der Waals surface area contributed by atoms with Gasteiger partial charge in [-0.3, -0.25) is 0 Å². The van der Waals surface area contributed by atoms with Crippen LogP contribution in [0, 0.1) is 6.92 Å². The highest BCUT2D eigenvalue weighted by Crippen LogP contribution is 2.49. The van der Waals surface area contributed by atoms with Crippen LogP contribution in [0.1, 0.15) is 34.5 Å². The highest BCUT2D eigenvalue weighted by Gasteiger charge is 2.41. The van der Waals surface area contributed by atoms with Gasteiger partial charge in [0.05, 0.1) is 18.8 Å². The van der Waals surface area contributed by atoms with Gasteiger partial charge >= 0.3 is 0 Å². The summed E-state index contributed by atoms with van der Waals surface area (Å²) < 4.78 is 12.1. The molecule has 1 N–H and O–H groups in total. The van der Waals surface area contributed by atoms with E-state index in [0.29, 0.717) is 0 Å². The zero-order chi connectivity index (χ0) is 19.1. The first-order chi connectivity index (χ1) is 13.7. The summed E-state index contributed by atoms with van der Waals surface area (Å²) in [5.41, 5.74) is 9.25. The predicted octanol–water partition coefficient (Wildman–Crippen LogP) is 5.00. The molecule has 0 fully saturated rings. The largest absolute Gasteiger partial charge is 0.493 e. The van der Waals surface area contributed by atoms with E-state index in [4.69, 9.17) is 9.47 Å². The van der Waals surface area contributed by atoms with Crippen molar-refractivity contribution in [3.05, 3.63) is 101 Å². The molecule has 3 aromatic rings. The number of ether oxygens (including phenoxy) is 2. The summed E-state index contributed by atoms with van der Waals surface area (Å²) in [5, 5.41) is 2.18. The smallest absolute Gasteiger partial charge is 0.196 e. The van der Waals surface area contributed by atoms with Gasteiger partial charge in [-0.2, -0.15) is 5.01 Å². The normalized spacial score (nSPS) is 20.4. The second kappa shape index (κ2) is 6.73. The van der Waals surface area contributed by atoms with Gasteiger partial charge < -0.3 is 14.9 Å². The molecule has 4 heteroatoms. The van der Waals surface area contributed by atoms with Crippen molar-refractivity contribution in [3.8, 4) is 11.5 Å². The first-order valence-corrected chi connectivity index (χ1v) is 9.47. The zero-order valence-electron chi connectivity index (χ0n) is 15.9. The summed E-state index contributed by atoms with van der Waals surface area (Å²) in [6.45, 7) is 2.09. The highest BCUT2D eigenvalue weighted by molar-refractivity contribution is 5.68. The molecule has 28 heavy (non-hydrogen) atoms. The molecular formula is C24H22N2O2. The van der Waals surface area contributed by atoms with Crippen LogP contribution in [0.25, 0.3) is 5.70 Å². The average Bonchev–Trinajstić information content (AvgIpc) is 3.20. The number of hydrogen-bond acceptors (Lipinski definition) is 4. The van der Waals surface area contributed by atoms with Gasteiger partial charge in [-0.05, 0) is 24.6 Å². The Kier molecular flexibility index (Phi) is 4.06. The van der Waals surface area contributed by atoms with Crippen molar-refractivity contribution < 1.29 is 9.47 Å². The molecule has 4 nitrogen and oxygen atoms in total. The maximum atomic E-state index is 6.48. The minimum absolute atomic E-state index is 0.0559. The van der Waals surface area contributed by atoms with Gasteiger partial charge in [-0.25, -0.2) is 0 Å². The Morgan fingerprint density at radius 3 is 2.46 bits per heavy atom. The molecule has 5 rings (SSSR count). The van der Waals surface area contributed by atoms with E-state index in [1.54, 1.807) is 7.11 Å². The van der Waals surface area contributed by atoms with Crippen molar-refractivity contribution in [1.82, 2.24) is 10.4 Å². The molecule has 140 valence electrons. The molecule has 2 aliphatic heterocycles. The van der Waals surface area contributed by atoms with Gasteiger partial charge in [0.1, 0.15) is 0 Å². The summed E-state index contributed by atoms with van der Waals surface area (Å²) in [5.74, 6) is 1.57. The Labute approximate surface area is 165 Å². The van der Waals surface area contributed by atoms with Crippen molar-refractivity contribution in [3.63, 3.8) is 0 Å². The molecule has 0 radical (unpaired) electrons. The van der Waals surface area contributed by atoms with Crippen LogP contribution in [-0.2, 0) is 0 Å².